The van der Waals surface area contributed by atoms with Gasteiger partial charge in [-0.2, -0.15) is 0 Å². The maximum absolute atomic E-state index is 13.1. The van der Waals surface area contributed by atoms with Crippen LogP contribution >= 0.6 is 0 Å². The molecule has 0 radical (unpaired) electrons. The standard InChI is InChI=1S/C23H24N4O4/c1-13(2)27-22(30)20(16-5-7-17(8-6-16)24-14(3)28)21(23(27)31)26-19-11-9-18(10-12-19)25-15(4)29/h5-13,26H,1-4H3,(H,24,28)(H,25,29). The first kappa shape index (κ1) is 21.8. The normalized spacial score (nSPS) is 13.6. The van der Waals surface area contributed by atoms with Crippen molar-refractivity contribution >= 4 is 46.3 Å². The Balaban J connectivity index is 1.98. The number of carbonyl (C=O) groups is 4. The van der Waals surface area contributed by atoms with Crippen molar-refractivity contribution in [2.45, 2.75) is 33.7 Å². The predicted molar refractivity (Wildman–Crippen MR) is 119 cm³/mol. The number of imide groups is 1. The first-order chi connectivity index (χ1) is 14.7. The van der Waals surface area contributed by atoms with Gasteiger partial charge in [-0.05, 0) is 55.8 Å². The van der Waals surface area contributed by atoms with Gasteiger partial charge >= 0.3 is 0 Å². The molecule has 160 valence electrons. The fourth-order valence-corrected chi connectivity index (χ4v) is 3.31. The van der Waals surface area contributed by atoms with E-state index < -0.39 is 5.91 Å². The third-order valence-corrected chi connectivity index (χ3v) is 4.60. The Hall–Kier alpha value is -3.94. The van der Waals surface area contributed by atoms with Crippen LogP contribution in [0.1, 0.15) is 33.3 Å². The van der Waals surface area contributed by atoms with Crippen LogP contribution in [0.4, 0.5) is 17.1 Å². The molecule has 0 saturated heterocycles. The number of hydrogen-bond donors (Lipinski definition) is 3. The summed E-state index contributed by atoms with van der Waals surface area (Å²) in [6, 6.07) is 13.3. The van der Waals surface area contributed by atoms with E-state index in [0.717, 1.165) is 0 Å². The van der Waals surface area contributed by atoms with Crippen LogP contribution in [0, 0.1) is 0 Å². The lowest BCUT2D eigenvalue weighted by Crippen LogP contribution is -2.38. The summed E-state index contributed by atoms with van der Waals surface area (Å²) in [6.45, 7) is 6.38. The van der Waals surface area contributed by atoms with E-state index in [2.05, 4.69) is 16.0 Å². The molecule has 8 nitrogen and oxygen atoms in total. The summed E-state index contributed by atoms with van der Waals surface area (Å²) < 4.78 is 0. The van der Waals surface area contributed by atoms with Gasteiger partial charge in [0.05, 0.1) is 5.57 Å². The average molecular weight is 420 g/mol. The molecule has 0 aromatic heterocycles. The summed E-state index contributed by atoms with van der Waals surface area (Å²) in [5.74, 6) is -1.18. The number of carbonyl (C=O) groups excluding carboxylic acids is 4. The fourth-order valence-electron chi connectivity index (χ4n) is 3.31. The maximum atomic E-state index is 13.1. The number of nitrogens with one attached hydrogen (secondary N) is 3. The molecule has 2 aromatic rings. The highest BCUT2D eigenvalue weighted by Gasteiger charge is 2.40. The average Bonchev–Trinajstić information content (AvgIpc) is 2.93. The van der Waals surface area contributed by atoms with Crippen LogP contribution in [0.15, 0.2) is 54.2 Å². The van der Waals surface area contributed by atoms with Crippen molar-refractivity contribution in [3.8, 4) is 0 Å². The molecule has 0 atom stereocenters. The van der Waals surface area contributed by atoms with Gasteiger partial charge in [-0.15, -0.1) is 0 Å². The molecule has 3 N–H and O–H groups in total. The lowest BCUT2D eigenvalue weighted by Gasteiger charge is -2.19. The van der Waals surface area contributed by atoms with Crippen molar-refractivity contribution < 1.29 is 19.2 Å². The van der Waals surface area contributed by atoms with Crippen LogP contribution in [0.2, 0.25) is 0 Å². The van der Waals surface area contributed by atoms with Gasteiger partial charge in [-0.3, -0.25) is 24.1 Å². The highest BCUT2D eigenvalue weighted by molar-refractivity contribution is 6.36. The third kappa shape index (κ3) is 4.80. The number of amides is 4. The summed E-state index contributed by atoms with van der Waals surface area (Å²) in [6.07, 6.45) is 0. The van der Waals surface area contributed by atoms with Gasteiger partial charge in [0.2, 0.25) is 11.8 Å². The van der Waals surface area contributed by atoms with Crippen molar-refractivity contribution in [1.29, 1.82) is 0 Å². The summed E-state index contributed by atoms with van der Waals surface area (Å²) in [4.78, 5) is 49.8. The van der Waals surface area contributed by atoms with Crippen LogP contribution in [-0.2, 0) is 19.2 Å². The van der Waals surface area contributed by atoms with E-state index >= 15 is 0 Å². The number of rotatable bonds is 6. The molecule has 0 spiro atoms. The van der Waals surface area contributed by atoms with Crippen LogP contribution < -0.4 is 16.0 Å². The Kier molecular flexibility index (Phi) is 6.20. The fraction of sp³-hybridized carbons (Fsp3) is 0.217. The second-order valence-electron chi connectivity index (χ2n) is 7.47. The van der Waals surface area contributed by atoms with Crippen molar-refractivity contribution in [2.24, 2.45) is 0 Å². The van der Waals surface area contributed by atoms with E-state index in [1.807, 2.05) is 0 Å². The minimum atomic E-state index is -0.410. The Bertz CT molecular complexity index is 1070. The van der Waals surface area contributed by atoms with E-state index in [1.54, 1.807) is 62.4 Å². The number of hydrogen-bond acceptors (Lipinski definition) is 5. The molecule has 0 bridgehead atoms. The largest absolute Gasteiger partial charge is 0.350 e. The van der Waals surface area contributed by atoms with Crippen LogP contribution in [-0.4, -0.2) is 34.6 Å². The molecule has 1 aliphatic rings. The van der Waals surface area contributed by atoms with Gasteiger partial charge in [0.25, 0.3) is 11.8 Å². The Morgan fingerprint density at radius 3 is 1.65 bits per heavy atom. The second kappa shape index (κ2) is 8.83. The molecule has 4 amide bonds. The van der Waals surface area contributed by atoms with E-state index in [1.165, 1.54) is 18.7 Å². The Morgan fingerprint density at radius 2 is 1.19 bits per heavy atom. The molecule has 0 aliphatic carbocycles. The number of anilines is 3. The molecule has 8 heteroatoms. The number of nitrogens with zero attached hydrogens (tertiary/aromatic N) is 1. The van der Waals surface area contributed by atoms with Gasteiger partial charge in [0.1, 0.15) is 5.70 Å². The highest BCUT2D eigenvalue weighted by atomic mass is 16.2. The number of benzene rings is 2. The lowest BCUT2D eigenvalue weighted by atomic mass is 10.0. The molecular formula is C23H24N4O4. The smallest absolute Gasteiger partial charge is 0.278 e. The molecule has 1 aliphatic heterocycles. The molecule has 3 rings (SSSR count). The van der Waals surface area contributed by atoms with E-state index in [4.69, 9.17) is 0 Å². The van der Waals surface area contributed by atoms with E-state index in [0.29, 0.717) is 22.6 Å². The van der Waals surface area contributed by atoms with E-state index in [9.17, 15) is 19.2 Å². The molecule has 0 saturated carbocycles. The topological polar surface area (TPSA) is 108 Å². The zero-order valence-electron chi connectivity index (χ0n) is 17.8. The molecule has 1 heterocycles. The summed E-state index contributed by atoms with van der Waals surface area (Å²) >= 11 is 0. The molecule has 2 aromatic carbocycles. The van der Waals surface area contributed by atoms with Crippen molar-refractivity contribution in [3.05, 3.63) is 59.8 Å². The Morgan fingerprint density at radius 1 is 0.742 bits per heavy atom. The molecular weight excluding hydrogens is 396 g/mol. The Labute approximate surface area is 180 Å². The zero-order valence-corrected chi connectivity index (χ0v) is 17.8. The zero-order chi connectivity index (χ0) is 22.7. The van der Waals surface area contributed by atoms with Gasteiger partial charge in [0.15, 0.2) is 0 Å². The first-order valence-corrected chi connectivity index (χ1v) is 9.82. The van der Waals surface area contributed by atoms with Crippen molar-refractivity contribution in [2.75, 3.05) is 16.0 Å². The molecule has 0 unspecified atom stereocenters. The maximum Gasteiger partial charge on any atom is 0.278 e. The third-order valence-electron chi connectivity index (χ3n) is 4.60. The lowest BCUT2D eigenvalue weighted by molar-refractivity contribution is -0.138. The first-order valence-electron chi connectivity index (χ1n) is 9.82. The highest BCUT2D eigenvalue weighted by Crippen LogP contribution is 2.32. The van der Waals surface area contributed by atoms with Crippen molar-refractivity contribution in [1.82, 2.24) is 4.90 Å². The molecule has 31 heavy (non-hydrogen) atoms. The summed E-state index contributed by atoms with van der Waals surface area (Å²) in [7, 11) is 0. The monoisotopic (exact) mass is 420 g/mol. The SMILES string of the molecule is CC(=O)Nc1ccc(NC2=C(c3ccc(NC(C)=O)cc3)C(=O)N(C(C)C)C2=O)cc1. The minimum absolute atomic E-state index is 0.179. The van der Waals surface area contributed by atoms with Gasteiger partial charge in [0, 0.05) is 37.0 Å². The van der Waals surface area contributed by atoms with Crippen LogP contribution in [0.5, 0.6) is 0 Å². The van der Waals surface area contributed by atoms with Gasteiger partial charge in [-0.1, -0.05) is 12.1 Å². The summed E-state index contributed by atoms with van der Waals surface area (Å²) in [5.41, 5.74) is 2.82. The van der Waals surface area contributed by atoms with Crippen molar-refractivity contribution in [3.63, 3.8) is 0 Å². The van der Waals surface area contributed by atoms with Gasteiger partial charge in [-0.25, -0.2) is 0 Å². The predicted octanol–water partition coefficient (Wildman–Crippen LogP) is 3.20. The van der Waals surface area contributed by atoms with Crippen LogP contribution in [0.3, 0.4) is 0 Å². The van der Waals surface area contributed by atoms with Gasteiger partial charge < -0.3 is 16.0 Å². The molecule has 0 fully saturated rings. The van der Waals surface area contributed by atoms with E-state index in [-0.39, 0.29) is 35.0 Å². The quantitative estimate of drug-likeness (QED) is 0.622. The summed E-state index contributed by atoms with van der Waals surface area (Å²) in [5, 5.41) is 8.42. The second-order valence-corrected chi connectivity index (χ2v) is 7.47. The minimum Gasteiger partial charge on any atom is -0.350 e. The van der Waals surface area contributed by atoms with Crippen LogP contribution in [0.25, 0.3) is 5.57 Å².